The summed E-state index contributed by atoms with van der Waals surface area (Å²) in [5.41, 5.74) is -1.28. The molecular formula is C38H65N11O14S. The number of nitrogens with zero attached hydrogens (tertiary/aromatic N) is 3. The largest absolute Gasteiger partial charge is 0.480 e. The Labute approximate surface area is 375 Å². The highest BCUT2D eigenvalue weighted by Gasteiger charge is 2.37. The number of aromatic amines is 1. The Kier molecular flexibility index (Phi) is 27.0. The molecule has 1 aromatic heterocycles. The third-order valence-corrected chi connectivity index (χ3v) is 10.1. The number of ether oxygens (including phenoxy) is 2. The van der Waals surface area contributed by atoms with Gasteiger partial charge >= 0.3 is 17.9 Å². The zero-order valence-corrected chi connectivity index (χ0v) is 37.9. The molecule has 26 heteroatoms. The molecule has 0 aliphatic carbocycles. The first-order chi connectivity index (χ1) is 30.2. The number of rotatable bonds is 36. The molecule has 11 N–H and O–H groups in total. The predicted octanol–water partition coefficient (Wildman–Crippen LogP) is -1.64. The number of amides is 6. The van der Waals surface area contributed by atoms with Crippen LogP contribution in [0, 0.1) is 5.41 Å². The third kappa shape index (κ3) is 25.0. The normalized spacial score (nSPS) is 12.8. The van der Waals surface area contributed by atoms with Gasteiger partial charge in [0, 0.05) is 48.9 Å². The van der Waals surface area contributed by atoms with Crippen molar-refractivity contribution >= 4 is 65.3 Å². The van der Waals surface area contributed by atoms with E-state index in [9.17, 15) is 58.5 Å². The Morgan fingerprint density at radius 1 is 0.672 bits per heavy atom. The second-order valence-electron chi connectivity index (χ2n) is 15.9. The molecule has 0 saturated carbocycles. The third-order valence-electron chi connectivity index (χ3n) is 9.27. The van der Waals surface area contributed by atoms with E-state index in [1.807, 2.05) is 13.8 Å². The Bertz CT molecular complexity index is 1670. The molecule has 362 valence electrons. The van der Waals surface area contributed by atoms with Crippen molar-refractivity contribution in [1.29, 1.82) is 0 Å². The molecule has 0 aliphatic heterocycles. The summed E-state index contributed by atoms with van der Waals surface area (Å²) in [6, 6.07) is -3.99. The van der Waals surface area contributed by atoms with Gasteiger partial charge in [0.25, 0.3) is 0 Å². The van der Waals surface area contributed by atoms with Gasteiger partial charge in [0.05, 0.1) is 26.4 Å². The van der Waals surface area contributed by atoms with Crippen LogP contribution in [0.1, 0.15) is 97.7 Å². The van der Waals surface area contributed by atoms with Gasteiger partial charge in [-0.15, -0.1) is 5.10 Å². The van der Waals surface area contributed by atoms with Gasteiger partial charge in [-0.2, -0.15) is 0 Å². The topological polar surface area (TPSA) is 371 Å². The van der Waals surface area contributed by atoms with Crippen molar-refractivity contribution in [3.63, 3.8) is 0 Å². The Morgan fingerprint density at radius 3 is 1.83 bits per heavy atom. The van der Waals surface area contributed by atoms with Crippen molar-refractivity contribution in [2.24, 2.45) is 5.41 Å². The fourth-order valence-corrected chi connectivity index (χ4v) is 6.82. The predicted molar refractivity (Wildman–Crippen MR) is 228 cm³/mol. The average molecular weight is 932 g/mol. The highest BCUT2D eigenvalue weighted by Crippen LogP contribution is 2.35. The van der Waals surface area contributed by atoms with Crippen LogP contribution in [0.2, 0.25) is 0 Å². The number of unbranched alkanes of at least 4 members (excludes halogenated alkanes) is 1. The SMILES string of the molecule is CNCC(=O)NCCCCC(NC(=O)COCCOCCNC(=O)CCC(NC(=O)CCC(NC(=O)CCCSNC(=O)C(C)(C)CC(C)(C)c1nnn[nH]1)C(=O)O)C(=O)O)C(=O)O. The quantitative estimate of drug-likeness (QED) is 0.0266. The maximum Gasteiger partial charge on any atom is 0.326 e. The molecule has 0 bridgehead atoms. The number of nitrogens with one attached hydrogen (secondary N) is 8. The fourth-order valence-electron chi connectivity index (χ4n) is 6.03. The van der Waals surface area contributed by atoms with Gasteiger partial charge in [-0.1, -0.05) is 39.6 Å². The van der Waals surface area contributed by atoms with Crippen molar-refractivity contribution < 1.29 is 67.9 Å². The zero-order chi connectivity index (χ0) is 48.1. The van der Waals surface area contributed by atoms with Crippen LogP contribution in [0.4, 0.5) is 0 Å². The van der Waals surface area contributed by atoms with Crippen LogP contribution in [0.3, 0.4) is 0 Å². The van der Waals surface area contributed by atoms with Crippen molar-refractivity contribution in [2.75, 3.05) is 58.9 Å². The van der Waals surface area contributed by atoms with E-state index in [0.29, 0.717) is 43.8 Å². The summed E-state index contributed by atoms with van der Waals surface area (Å²) in [4.78, 5) is 109. The number of hydrogen-bond acceptors (Lipinski definition) is 16. The first-order valence-corrected chi connectivity index (χ1v) is 21.7. The van der Waals surface area contributed by atoms with Gasteiger partial charge in [-0.3, -0.25) is 33.5 Å². The monoisotopic (exact) mass is 931 g/mol. The number of hydrogen-bond donors (Lipinski definition) is 11. The van der Waals surface area contributed by atoms with E-state index in [4.69, 9.17) is 9.47 Å². The standard InChI is InChI=1S/C38H65N11O14S/c1-37(2,35-45-48-49-46-35)23-38(3,4)36(61)47-64-20-8-10-28(51)42-26(34(59)60)12-14-29(52)43-25(33(57)58)11-13-27(50)41-16-17-62-18-19-63-22-31(54)44-24(32(55)56)9-6-7-15-40-30(53)21-39-5/h24-26,39H,6-23H2,1-5H3,(H,40,53)(H,41,50)(H,42,51)(H,43,52)(H,44,54)(H,47,61)(H,55,56)(H,57,58)(H,59,60)(H,45,46,48,49). The van der Waals surface area contributed by atoms with Gasteiger partial charge in [0.2, 0.25) is 35.4 Å². The minimum atomic E-state index is -1.45. The molecular weight excluding hydrogens is 867 g/mol. The van der Waals surface area contributed by atoms with Crippen molar-refractivity contribution in [1.82, 2.24) is 57.2 Å². The Morgan fingerprint density at radius 2 is 1.23 bits per heavy atom. The second-order valence-corrected chi connectivity index (χ2v) is 16.8. The molecule has 3 unspecified atom stereocenters. The van der Waals surface area contributed by atoms with Gasteiger partial charge in [-0.05, 0) is 62.4 Å². The van der Waals surface area contributed by atoms with Crippen LogP contribution >= 0.6 is 11.9 Å². The van der Waals surface area contributed by atoms with Crippen LogP contribution in [-0.4, -0.2) is 166 Å². The summed E-state index contributed by atoms with van der Waals surface area (Å²) >= 11 is 1.11. The van der Waals surface area contributed by atoms with E-state index >= 15 is 0 Å². The maximum atomic E-state index is 12.8. The average Bonchev–Trinajstić information content (AvgIpc) is 3.77. The zero-order valence-electron chi connectivity index (χ0n) is 37.0. The molecule has 6 amide bonds. The molecule has 1 rings (SSSR count). The van der Waals surface area contributed by atoms with Gasteiger partial charge in [-0.25, -0.2) is 19.5 Å². The number of carboxylic acids is 3. The molecule has 25 nitrogen and oxygen atoms in total. The summed E-state index contributed by atoms with van der Waals surface area (Å²) in [7, 11) is 1.64. The van der Waals surface area contributed by atoms with Crippen LogP contribution in [0.15, 0.2) is 0 Å². The lowest BCUT2D eigenvalue weighted by molar-refractivity contribution is -0.143. The number of carbonyl (C=O) groups is 9. The number of aromatic nitrogens is 4. The van der Waals surface area contributed by atoms with E-state index in [0.717, 1.165) is 11.9 Å². The maximum absolute atomic E-state index is 12.8. The molecule has 64 heavy (non-hydrogen) atoms. The number of H-pyrrole nitrogens is 1. The Hall–Kier alpha value is -5.47. The fraction of sp³-hybridized carbons (Fsp3) is 0.737. The lowest BCUT2D eigenvalue weighted by Gasteiger charge is -2.31. The molecule has 1 aromatic rings. The van der Waals surface area contributed by atoms with Crippen molar-refractivity contribution in [2.45, 2.75) is 115 Å². The van der Waals surface area contributed by atoms with Crippen molar-refractivity contribution in [3.05, 3.63) is 5.82 Å². The van der Waals surface area contributed by atoms with Crippen molar-refractivity contribution in [3.8, 4) is 0 Å². The smallest absolute Gasteiger partial charge is 0.326 e. The first kappa shape index (κ1) is 56.5. The number of carbonyl (C=O) groups excluding carboxylic acids is 6. The Balaban J connectivity index is 2.27. The summed E-state index contributed by atoms with van der Waals surface area (Å²) < 4.78 is 13.3. The second kappa shape index (κ2) is 30.6. The molecule has 1 heterocycles. The summed E-state index contributed by atoms with van der Waals surface area (Å²) in [5, 5.41) is 57.3. The summed E-state index contributed by atoms with van der Waals surface area (Å²) in [6.45, 7) is 7.71. The minimum absolute atomic E-state index is 0.00300. The van der Waals surface area contributed by atoms with Crippen LogP contribution < -0.4 is 36.6 Å². The minimum Gasteiger partial charge on any atom is -0.480 e. The molecule has 0 aromatic carbocycles. The number of tetrazole rings is 1. The highest BCUT2D eigenvalue weighted by molar-refractivity contribution is 7.97. The molecule has 0 saturated heterocycles. The molecule has 0 aliphatic rings. The number of aliphatic carboxylic acids is 3. The van der Waals surface area contributed by atoms with Gasteiger partial charge in [0.1, 0.15) is 24.7 Å². The van der Waals surface area contributed by atoms with Crippen LogP contribution in [0.5, 0.6) is 0 Å². The lowest BCUT2D eigenvalue weighted by Crippen LogP contribution is -2.44. The van der Waals surface area contributed by atoms with Gasteiger partial charge < -0.3 is 56.7 Å². The summed E-state index contributed by atoms with van der Waals surface area (Å²) in [6.07, 6.45) is 0.553. The van der Waals surface area contributed by atoms with Crippen LogP contribution in [0.25, 0.3) is 0 Å². The summed E-state index contributed by atoms with van der Waals surface area (Å²) in [5.74, 6) is -6.03. The number of likely N-dealkylation sites (N-methyl/N-ethyl adjacent to an activating group) is 1. The van der Waals surface area contributed by atoms with E-state index < -0.39 is 83.5 Å². The molecule has 0 spiro atoms. The first-order valence-electron chi connectivity index (χ1n) is 20.7. The number of carboxylic acid groups (broad SMARTS) is 3. The molecule has 3 atom stereocenters. The van der Waals surface area contributed by atoms with E-state index in [2.05, 4.69) is 57.2 Å². The van der Waals surface area contributed by atoms with Gasteiger partial charge in [0.15, 0.2) is 5.82 Å². The van der Waals surface area contributed by atoms with E-state index in [-0.39, 0.29) is 76.8 Å². The molecule has 0 fully saturated rings. The van der Waals surface area contributed by atoms with E-state index in [1.54, 1.807) is 20.9 Å². The highest BCUT2D eigenvalue weighted by atomic mass is 32.2. The van der Waals surface area contributed by atoms with Crippen LogP contribution in [-0.2, 0) is 58.0 Å². The lowest BCUT2D eigenvalue weighted by atomic mass is 9.74. The van der Waals surface area contributed by atoms with E-state index in [1.165, 1.54) is 0 Å². The molecule has 0 radical (unpaired) electrons.